The number of rotatable bonds is 10. The number of carbonyl (C=O) groups excluding carboxylic acids is 1. The van der Waals surface area contributed by atoms with Crippen molar-refractivity contribution in [2.45, 2.75) is 44.2 Å². The SMILES string of the molecule is CC(N)(CC(Cc1c[nH]c2ccccc12)c1nnc(Cc2ccccc2)n1Cc1cccnc1)C(N)=O. The van der Waals surface area contributed by atoms with Gasteiger partial charge in [0.15, 0.2) is 0 Å². The van der Waals surface area contributed by atoms with Crippen LogP contribution in [0.5, 0.6) is 0 Å². The molecule has 8 heteroatoms. The molecule has 0 aliphatic rings. The van der Waals surface area contributed by atoms with Gasteiger partial charge in [0.05, 0.1) is 12.1 Å². The first kappa shape index (κ1) is 24.4. The number of carbonyl (C=O) groups is 1. The van der Waals surface area contributed by atoms with Crippen molar-refractivity contribution in [1.82, 2.24) is 24.7 Å². The molecular weight excluding hydrogens is 462 g/mol. The summed E-state index contributed by atoms with van der Waals surface area (Å²) >= 11 is 0. The van der Waals surface area contributed by atoms with Crippen molar-refractivity contribution >= 4 is 16.8 Å². The molecule has 5 N–H and O–H groups in total. The fourth-order valence-corrected chi connectivity index (χ4v) is 4.84. The normalized spacial score (nSPS) is 13.9. The summed E-state index contributed by atoms with van der Waals surface area (Å²) in [6, 6.07) is 22.3. The van der Waals surface area contributed by atoms with Gasteiger partial charge in [0.1, 0.15) is 11.6 Å². The summed E-state index contributed by atoms with van der Waals surface area (Å²) in [6.45, 7) is 2.24. The number of nitrogens with two attached hydrogens (primary N) is 2. The second-order valence-electron chi connectivity index (χ2n) is 9.83. The topological polar surface area (TPSA) is 128 Å². The minimum atomic E-state index is -1.21. The lowest BCUT2D eigenvalue weighted by molar-refractivity contribution is -0.122. The number of fused-ring (bicyclic) bond motifs is 1. The maximum atomic E-state index is 12.3. The summed E-state index contributed by atoms with van der Waals surface area (Å²) in [6.07, 6.45) is 7.21. The van der Waals surface area contributed by atoms with Gasteiger partial charge in [0.25, 0.3) is 0 Å². The van der Waals surface area contributed by atoms with Crippen LogP contribution in [-0.2, 0) is 24.2 Å². The average Bonchev–Trinajstić information content (AvgIpc) is 3.49. The summed E-state index contributed by atoms with van der Waals surface area (Å²) in [5.74, 6) is 0.874. The number of benzene rings is 2. The minimum absolute atomic E-state index is 0.199. The van der Waals surface area contributed by atoms with Crippen LogP contribution >= 0.6 is 0 Å². The highest BCUT2D eigenvalue weighted by atomic mass is 16.1. The molecule has 5 aromatic rings. The Labute approximate surface area is 215 Å². The van der Waals surface area contributed by atoms with Gasteiger partial charge in [-0.3, -0.25) is 9.78 Å². The van der Waals surface area contributed by atoms with Crippen molar-refractivity contribution in [3.63, 3.8) is 0 Å². The molecule has 0 bridgehead atoms. The third-order valence-corrected chi connectivity index (χ3v) is 6.86. The van der Waals surface area contributed by atoms with E-state index in [4.69, 9.17) is 11.5 Å². The number of aromatic nitrogens is 5. The van der Waals surface area contributed by atoms with Gasteiger partial charge >= 0.3 is 0 Å². The summed E-state index contributed by atoms with van der Waals surface area (Å²) in [7, 11) is 0. The summed E-state index contributed by atoms with van der Waals surface area (Å²) in [5, 5.41) is 10.4. The number of para-hydroxylation sites is 1. The zero-order valence-electron chi connectivity index (χ0n) is 20.8. The van der Waals surface area contributed by atoms with Crippen molar-refractivity contribution in [2.75, 3.05) is 0 Å². The molecule has 3 heterocycles. The number of H-pyrrole nitrogens is 1. The van der Waals surface area contributed by atoms with E-state index < -0.39 is 11.4 Å². The Hall–Kier alpha value is -4.30. The first-order valence-electron chi connectivity index (χ1n) is 12.4. The van der Waals surface area contributed by atoms with Crippen LogP contribution in [0.1, 0.15) is 47.6 Å². The van der Waals surface area contributed by atoms with E-state index in [-0.39, 0.29) is 5.92 Å². The Morgan fingerprint density at radius 1 is 1.03 bits per heavy atom. The van der Waals surface area contributed by atoms with Crippen molar-refractivity contribution in [3.8, 4) is 0 Å². The fraction of sp³-hybridized carbons (Fsp3) is 0.241. The number of pyridine rings is 1. The molecule has 2 aromatic carbocycles. The molecule has 188 valence electrons. The monoisotopic (exact) mass is 493 g/mol. The Bertz CT molecular complexity index is 1490. The highest BCUT2D eigenvalue weighted by Gasteiger charge is 2.34. The number of aromatic amines is 1. The maximum Gasteiger partial charge on any atom is 0.237 e. The molecule has 0 saturated carbocycles. The predicted molar refractivity (Wildman–Crippen MR) is 144 cm³/mol. The van der Waals surface area contributed by atoms with Gasteiger partial charge in [-0.25, -0.2) is 0 Å². The molecule has 0 saturated heterocycles. The van der Waals surface area contributed by atoms with Gasteiger partial charge in [-0.15, -0.1) is 10.2 Å². The van der Waals surface area contributed by atoms with Crippen LogP contribution in [0.3, 0.4) is 0 Å². The number of nitrogens with one attached hydrogen (secondary N) is 1. The Morgan fingerprint density at radius 3 is 2.54 bits per heavy atom. The van der Waals surface area contributed by atoms with Crippen molar-refractivity contribution in [1.29, 1.82) is 0 Å². The van der Waals surface area contributed by atoms with Crippen LogP contribution in [0.15, 0.2) is 85.3 Å². The van der Waals surface area contributed by atoms with Crippen LogP contribution in [0, 0.1) is 0 Å². The average molecular weight is 494 g/mol. The van der Waals surface area contributed by atoms with E-state index in [0.29, 0.717) is 25.8 Å². The van der Waals surface area contributed by atoms with E-state index in [1.807, 2.05) is 60.9 Å². The Kier molecular flexibility index (Phi) is 6.83. The number of primary amides is 1. The maximum absolute atomic E-state index is 12.3. The Balaban J connectivity index is 1.58. The zero-order chi connectivity index (χ0) is 25.8. The lowest BCUT2D eigenvalue weighted by atomic mass is 9.84. The summed E-state index contributed by atoms with van der Waals surface area (Å²) in [5.41, 5.74) is 15.3. The second kappa shape index (κ2) is 10.4. The standard InChI is InChI=1S/C29H31N7O/c1-29(31,28(30)37)16-22(15-23-18-33-25-12-6-5-11-24(23)25)27-35-34-26(14-20-8-3-2-4-9-20)36(27)19-21-10-7-13-32-17-21/h2-13,17-18,22,33H,14-16,19,31H2,1H3,(H2,30,37). The van der Waals surface area contributed by atoms with E-state index >= 15 is 0 Å². The molecule has 2 unspecified atom stereocenters. The quantitative estimate of drug-likeness (QED) is 0.273. The highest BCUT2D eigenvalue weighted by molar-refractivity contribution is 5.84. The molecule has 0 aliphatic heterocycles. The largest absolute Gasteiger partial charge is 0.368 e. The van der Waals surface area contributed by atoms with Crippen molar-refractivity contribution in [3.05, 3.63) is 114 Å². The first-order chi connectivity index (χ1) is 17.9. The molecule has 0 aliphatic carbocycles. The van der Waals surface area contributed by atoms with Gasteiger partial charge in [-0.05, 0) is 48.6 Å². The third kappa shape index (κ3) is 5.44. The lowest BCUT2D eigenvalue weighted by Gasteiger charge is -2.27. The molecule has 0 fully saturated rings. The van der Waals surface area contributed by atoms with Gasteiger partial charge in [0.2, 0.25) is 5.91 Å². The summed E-state index contributed by atoms with van der Waals surface area (Å²) < 4.78 is 2.14. The van der Waals surface area contributed by atoms with Crippen LogP contribution in [0.25, 0.3) is 10.9 Å². The molecule has 5 rings (SSSR count). The Morgan fingerprint density at radius 2 is 1.78 bits per heavy atom. The molecule has 2 atom stereocenters. The predicted octanol–water partition coefficient (Wildman–Crippen LogP) is 3.71. The van der Waals surface area contributed by atoms with E-state index in [2.05, 4.69) is 42.9 Å². The first-order valence-corrected chi connectivity index (χ1v) is 12.4. The molecule has 0 spiro atoms. The highest BCUT2D eigenvalue weighted by Crippen LogP contribution is 2.32. The van der Waals surface area contributed by atoms with Gasteiger partial charge in [0, 0.05) is 41.8 Å². The van der Waals surface area contributed by atoms with Crippen LogP contribution < -0.4 is 11.5 Å². The van der Waals surface area contributed by atoms with Crippen LogP contribution in [0.2, 0.25) is 0 Å². The van der Waals surface area contributed by atoms with Crippen molar-refractivity contribution < 1.29 is 4.79 Å². The van der Waals surface area contributed by atoms with E-state index in [0.717, 1.165) is 39.2 Å². The molecule has 37 heavy (non-hydrogen) atoms. The molecular formula is C29H31N7O. The number of amides is 1. The fourth-order valence-electron chi connectivity index (χ4n) is 4.84. The van der Waals surface area contributed by atoms with E-state index in [9.17, 15) is 4.79 Å². The number of hydrogen-bond donors (Lipinski definition) is 3. The van der Waals surface area contributed by atoms with Crippen molar-refractivity contribution in [2.24, 2.45) is 11.5 Å². The van der Waals surface area contributed by atoms with Crippen LogP contribution in [0.4, 0.5) is 0 Å². The zero-order valence-corrected chi connectivity index (χ0v) is 20.8. The molecule has 1 amide bonds. The number of nitrogens with zero attached hydrogens (tertiary/aromatic N) is 4. The lowest BCUT2D eigenvalue weighted by Crippen LogP contribution is -2.50. The van der Waals surface area contributed by atoms with E-state index in [1.54, 1.807) is 13.1 Å². The minimum Gasteiger partial charge on any atom is -0.368 e. The molecule has 3 aromatic heterocycles. The van der Waals surface area contributed by atoms with Gasteiger partial charge in [-0.1, -0.05) is 54.6 Å². The second-order valence-corrected chi connectivity index (χ2v) is 9.83. The van der Waals surface area contributed by atoms with Gasteiger partial charge < -0.3 is 21.0 Å². The van der Waals surface area contributed by atoms with E-state index in [1.165, 1.54) is 0 Å². The smallest absolute Gasteiger partial charge is 0.237 e. The molecule has 8 nitrogen and oxygen atoms in total. The van der Waals surface area contributed by atoms with Crippen LogP contribution in [-0.4, -0.2) is 36.2 Å². The molecule has 0 radical (unpaired) electrons. The summed E-state index contributed by atoms with van der Waals surface area (Å²) in [4.78, 5) is 19.9. The number of hydrogen-bond acceptors (Lipinski definition) is 5. The third-order valence-electron chi connectivity index (χ3n) is 6.86. The van der Waals surface area contributed by atoms with Gasteiger partial charge in [-0.2, -0.15) is 0 Å².